The van der Waals surface area contributed by atoms with E-state index in [0.29, 0.717) is 12.2 Å². The number of allylic oxidation sites excluding steroid dienone is 2. The van der Waals surface area contributed by atoms with Crippen molar-refractivity contribution < 1.29 is 4.79 Å². The Morgan fingerprint density at radius 2 is 2.42 bits per heavy atom. The van der Waals surface area contributed by atoms with Gasteiger partial charge in [0, 0.05) is 6.42 Å². The smallest absolute Gasteiger partial charge is 0.149 e. The monoisotopic (exact) mass is 278 g/mol. The Hall–Kier alpha value is 0.140. The van der Waals surface area contributed by atoms with Gasteiger partial charge in [0.1, 0.15) is 5.78 Å². The number of halogens is 1. The summed E-state index contributed by atoms with van der Waals surface area (Å²) in [6.07, 6.45) is 7.81. The molecular weight excluding hydrogens is 263 g/mol. The third-order valence-electron chi connectivity index (χ3n) is 2.28. The van der Waals surface area contributed by atoms with E-state index in [1.807, 2.05) is 6.92 Å². The minimum Gasteiger partial charge on any atom is -0.298 e. The lowest BCUT2D eigenvalue weighted by atomic mass is 9.95. The summed E-state index contributed by atoms with van der Waals surface area (Å²) in [6, 6.07) is 0. The summed E-state index contributed by atoms with van der Waals surface area (Å²) in [4.78, 5) is 11.4. The van der Waals surface area contributed by atoms with Gasteiger partial charge in [-0.15, -0.1) is 0 Å². The van der Waals surface area contributed by atoms with Crippen LogP contribution in [-0.4, -0.2) is 9.71 Å². The maximum Gasteiger partial charge on any atom is 0.149 e. The predicted molar refractivity (Wildman–Crippen MR) is 59.7 cm³/mol. The van der Waals surface area contributed by atoms with E-state index in [-0.39, 0.29) is 3.92 Å². The van der Waals surface area contributed by atoms with E-state index in [9.17, 15) is 4.79 Å². The molecule has 0 saturated heterocycles. The number of carbonyl (C=O) groups is 1. The molecule has 0 aromatic rings. The average Bonchev–Trinajstić information content (AvgIpc) is 2.17. The second-order valence-corrected chi connectivity index (χ2v) is 4.45. The van der Waals surface area contributed by atoms with Gasteiger partial charge in [-0.3, -0.25) is 4.79 Å². The Morgan fingerprint density at radius 1 is 1.67 bits per heavy atom. The number of ketones is 1. The SMILES string of the molecule is CCC(=O)C(I)C1=CCCCC1. The zero-order valence-corrected chi connectivity index (χ0v) is 9.63. The first kappa shape index (κ1) is 10.2. The Bertz CT molecular complexity index is 196. The highest BCUT2D eigenvalue weighted by Gasteiger charge is 2.18. The lowest BCUT2D eigenvalue weighted by Crippen LogP contribution is -2.16. The summed E-state index contributed by atoms with van der Waals surface area (Å²) in [5.41, 5.74) is 1.37. The fraction of sp³-hybridized carbons (Fsp3) is 0.700. The fourth-order valence-corrected chi connectivity index (χ4v) is 2.49. The van der Waals surface area contributed by atoms with Gasteiger partial charge in [-0.1, -0.05) is 41.2 Å². The first-order valence-electron chi connectivity index (χ1n) is 4.61. The predicted octanol–water partition coefficient (Wildman–Crippen LogP) is 3.27. The highest BCUT2D eigenvalue weighted by Crippen LogP contribution is 2.25. The number of alkyl halides is 1. The van der Waals surface area contributed by atoms with Crippen LogP contribution in [0.3, 0.4) is 0 Å². The van der Waals surface area contributed by atoms with Crippen molar-refractivity contribution in [2.24, 2.45) is 0 Å². The molecule has 0 amide bonds. The quantitative estimate of drug-likeness (QED) is 0.440. The Balaban J connectivity index is 2.56. The maximum absolute atomic E-state index is 11.4. The zero-order chi connectivity index (χ0) is 8.97. The third kappa shape index (κ3) is 2.57. The standard InChI is InChI=1S/C10H15IO/c1-2-9(12)10(11)8-6-4-3-5-7-8/h6,10H,2-5,7H2,1H3. The summed E-state index contributed by atoms with van der Waals surface area (Å²) < 4.78 is 0.160. The van der Waals surface area contributed by atoms with Gasteiger partial charge in [0.2, 0.25) is 0 Å². The first-order chi connectivity index (χ1) is 5.75. The molecule has 0 saturated carbocycles. The van der Waals surface area contributed by atoms with Crippen molar-refractivity contribution >= 4 is 28.4 Å². The average molecular weight is 278 g/mol. The molecule has 0 bridgehead atoms. The van der Waals surface area contributed by atoms with Gasteiger partial charge in [0.15, 0.2) is 0 Å². The molecule has 0 N–H and O–H groups in total. The highest BCUT2D eigenvalue weighted by atomic mass is 127. The molecule has 1 rings (SSSR count). The van der Waals surface area contributed by atoms with Crippen LogP contribution < -0.4 is 0 Å². The molecule has 1 aliphatic carbocycles. The molecule has 1 nitrogen and oxygen atoms in total. The van der Waals surface area contributed by atoms with Gasteiger partial charge < -0.3 is 0 Å². The zero-order valence-electron chi connectivity index (χ0n) is 7.48. The highest BCUT2D eigenvalue weighted by molar-refractivity contribution is 14.1. The van der Waals surface area contributed by atoms with Gasteiger partial charge in [-0.25, -0.2) is 0 Å². The summed E-state index contributed by atoms with van der Waals surface area (Å²) in [5.74, 6) is 0.378. The van der Waals surface area contributed by atoms with Crippen molar-refractivity contribution in [3.05, 3.63) is 11.6 Å². The van der Waals surface area contributed by atoms with Crippen LogP contribution in [-0.2, 0) is 4.79 Å². The minimum atomic E-state index is 0.160. The maximum atomic E-state index is 11.4. The summed E-state index contributed by atoms with van der Waals surface area (Å²) in [6.45, 7) is 1.94. The first-order valence-corrected chi connectivity index (χ1v) is 5.86. The van der Waals surface area contributed by atoms with Crippen LogP contribution in [0, 0.1) is 0 Å². The van der Waals surface area contributed by atoms with E-state index in [1.165, 1.54) is 24.8 Å². The van der Waals surface area contributed by atoms with Crippen LogP contribution in [0.1, 0.15) is 39.0 Å². The molecule has 2 heteroatoms. The number of Topliss-reactive ketones (excluding diaryl/α,β-unsaturated/α-hetero) is 1. The fourth-order valence-electron chi connectivity index (χ4n) is 1.48. The van der Waals surface area contributed by atoms with Gasteiger partial charge >= 0.3 is 0 Å². The molecule has 0 aromatic heterocycles. The number of carbonyl (C=O) groups excluding carboxylic acids is 1. The van der Waals surface area contributed by atoms with E-state index in [4.69, 9.17) is 0 Å². The van der Waals surface area contributed by atoms with Crippen molar-refractivity contribution in [2.45, 2.75) is 43.0 Å². The molecule has 68 valence electrons. The van der Waals surface area contributed by atoms with E-state index in [2.05, 4.69) is 28.7 Å². The van der Waals surface area contributed by atoms with Gasteiger partial charge in [0.25, 0.3) is 0 Å². The van der Waals surface area contributed by atoms with Crippen LogP contribution in [0.25, 0.3) is 0 Å². The summed E-state index contributed by atoms with van der Waals surface area (Å²) in [7, 11) is 0. The lowest BCUT2D eigenvalue weighted by molar-refractivity contribution is -0.117. The summed E-state index contributed by atoms with van der Waals surface area (Å²) in [5, 5.41) is 0. The van der Waals surface area contributed by atoms with Gasteiger partial charge in [-0.05, 0) is 25.7 Å². The largest absolute Gasteiger partial charge is 0.298 e. The van der Waals surface area contributed by atoms with Crippen LogP contribution in [0.2, 0.25) is 0 Å². The van der Waals surface area contributed by atoms with Crippen LogP contribution in [0.4, 0.5) is 0 Å². The lowest BCUT2D eigenvalue weighted by Gasteiger charge is -2.16. The van der Waals surface area contributed by atoms with Crippen LogP contribution in [0.5, 0.6) is 0 Å². The van der Waals surface area contributed by atoms with Crippen molar-refractivity contribution in [2.75, 3.05) is 0 Å². The van der Waals surface area contributed by atoms with E-state index in [0.717, 1.165) is 6.42 Å². The molecule has 0 fully saturated rings. The normalized spacial score (nSPS) is 20.0. The molecule has 0 aliphatic heterocycles. The van der Waals surface area contributed by atoms with Gasteiger partial charge in [0.05, 0.1) is 3.92 Å². The summed E-state index contributed by atoms with van der Waals surface area (Å²) >= 11 is 2.27. The third-order valence-corrected chi connectivity index (χ3v) is 3.78. The molecule has 1 aliphatic rings. The number of rotatable bonds is 3. The van der Waals surface area contributed by atoms with E-state index in [1.54, 1.807) is 0 Å². The minimum absolute atomic E-state index is 0.160. The molecule has 1 unspecified atom stereocenters. The number of hydrogen-bond donors (Lipinski definition) is 0. The van der Waals surface area contributed by atoms with Crippen LogP contribution in [0.15, 0.2) is 11.6 Å². The van der Waals surface area contributed by atoms with Crippen molar-refractivity contribution in [1.82, 2.24) is 0 Å². The molecule has 0 radical (unpaired) electrons. The van der Waals surface area contributed by atoms with Crippen molar-refractivity contribution in [3.8, 4) is 0 Å². The molecule has 1 atom stereocenters. The topological polar surface area (TPSA) is 17.1 Å². The second kappa shape index (κ2) is 5.00. The van der Waals surface area contributed by atoms with E-state index >= 15 is 0 Å². The molecular formula is C10H15IO. The van der Waals surface area contributed by atoms with Crippen molar-refractivity contribution in [1.29, 1.82) is 0 Å². The van der Waals surface area contributed by atoms with Gasteiger partial charge in [-0.2, -0.15) is 0 Å². The second-order valence-electron chi connectivity index (χ2n) is 3.21. The Kier molecular flexibility index (Phi) is 4.26. The Labute approximate surface area is 87.8 Å². The van der Waals surface area contributed by atoms with E-state index < -0.39 is 0 Å². The molecule has 0 heterocycles. The molecule has 0 spiro atoms. The Morgan fingerprint density at radius 3 is 2.92 bits per heavy atom. The molecule has 12 heavy (non-hydrogen) atoms. The molecule has 0 aromatic carbocycles. The van der Waals surface area contributed by atoms with Crippen LogP contribution >= 0.6 is 22.6 Å². The number of hydrogen-bond acceptors (Lipinski definition) is 1. The van der Waals surface area contributed by atoms with Crippen molar-refractivity contribution in [3.63, 3.8) is 0 Å².